The van der Waals surface area contributed by atoms with E-state index in [2.05, 4.69) is 19.9 Å². The van der Waals surface area contributed by atoms with E-state index in [9.17, 15) is 9.59 Å². The molecular weight excluding hydrogens is 464 g/mol. The summed E-state index contributed by atoms with van der Waals surface area (Å²) in [6, 6.07) is 0. The number of anilines is 4. The molecule has 0 aliphatic heterocycles. The van der Waals surface area contributed by atoms with Gasteiger partial charge in [-0.2, -0.15) is 26.8 Å². The number of nitrogens with zero attached hydrogens (tertiary/aromatic N) is 2. The molecule has 30 heavy (non-hydrogen) atoms. The molecule has 2 aromatic rings. The highest BCUT2D eigenvalue weighted by Crippen LogP contribution is 2.09. The maximum absolute atomic E-state index is 10.6. The Hall–Kier alpha value is -3.70. The van der Waals surface area contributed by atoms with E-state index in [1.807, 2.05) is 0 Å². The van der Waals surface area contributed by atoms with Crippen LogP contribution in [0.2, 0.25) is 0 Å². The molecule has 22 heteroatoms. The third-order valence-corrected chi connectivity index (χ3v) is 1.88. The SMILES string of the molecule is Nc1nc(N)c(O)c(=O)[nH]1.Nc1nc(N)c(O)c(=O)[nH]1.O=S(=O)(O)O.O=S(=O)(O)O. The zero-order chi connectivity index (χ0) is 24.4. The number of aromatic hydroxyl groups is 2. The fraction of sp³-hybridized carbons (Fsp3) is 0. The summed E-state index contributed by atoms with van der Waals surface area (Å²) in [4.78, 5) is 32.0. The molecule has 20 nitrogen and oxygen atoms in total. The Labute approximate surface area is 165 Å². The molecule has 2 aromatic heterocycles. The summed E-state index contributed by atoms with van der Waals surface area (Å²) in [6.07, 6.45) is 0. The van der Waals surface area contributed by atoms with E-state index in [1.54, 1.807) is 0 Å². The molecule has 0 fully saturated rings. The Morgan fingerprint density at radius 1 is 0.633 bits per heavy atom. The summed E-state index contributed by atoms with van der Waals surface area (Å²) in [5.41, 5.74) is 18.8. The number of nitrogens with two attached hydrogens (primary N) is 4. The molecule has 0 saturated heterocycles. The van der Waals surface area contributed by atoms with Gasteiger partial charge in [0.05, 0.1) is 0 Å². The maximum Gasteiger partial charge on any atom is 0.394 e. The smallest absolute Gasteiger partial charge is 0.394 e. The first-order valence-corrected chi connectivity index (χ1v) is 9.10. The van der Waals surface area contributed by atoms with Crippen molar-refractivity contribution in [2.24, 2.45) is 0 Å². The molecule has 0 amide bonds. The van der Waals surface area contributed by atoms with Gasteiger partial charge in [-0.1, -0.05) is 0 Å². The van der Waals surface area contributed by atoms with Gasteiger partial charge < -0.3 is 33.1 Å². The van der Waals surface area contributed by atoms with Gasteiger partial charge in [0, 0.05) is 0 Å². The van der Waals surface area contributed by atoms with Crippen molar-refractivity contribution in [3.05, 3.63) is 20.7 Å². The van der Waals surface area contributed by atoms with Crippen molar-refractivity contribution in [2.75, 3.05) is 22.9 Å². The first kappa shape index (κ1) is 28.5. The molecule has 0 aromatic carbocycles. The third-order valence-electron chi connectivity index (χ3n) is 1.88. The van der Waals surface area contributed by atoms with Crippen molar-refractivity contribution in [2.45, 2.75) is 0 Å². The maximum atomic E-state index is 10.6. The number of nitrogens with one attached hydrogen (secondary N) is 2. The van der Waals surface area contributed by atoms with Crippen LogP contribution in [0.15, 0.2) is 9.59 Å². The number of rotatable bonds is 0. The van der Waals surface area contributed by atoms with E-state index in [-0.39, 0.29) is 23.5 Å². The van der Waals surface area contributed by atoms with Gasteiger partial charge in [0.2, 0.25) is 23.4 Å². The number of aromatic amines is 2. The van der Waals surface area contributed by atoms with Crippen LogP contribution in [0.3, 0.4) is 0 Å². The number of H-pyrrole nitrogens is 2. The average molecular weight is 480 g/mol. The lowest BCUT2D eigenvalue weighted by molar-refractivity contribution is 0.378. The van der Waals surface area contributed by atoms with E-state index in [4.69, 9.17) is 68.2 Å². The largest absolute Gasteiger partial charge is 0.500 e. The third kappa shape index (κ3) is 16.5. The van der Waals surface area contributed by atoms with E-state index < -0.39 is 43.4 Å². The second kappa shape index (κ2) is 11.3. The molecule has 0 aliphatic carbocycles. The van der Waals surface area contributed by atoms with Gasteiger partial charge in [0.15, 0.2) is 11.6 Å². The van der Waals surface area contributed by atoms with E-state index >= 15 is 0 Å². The zero-order valence-corrected chi connectivity index (χ0v) is 15.8. The van der Waals surface area contributed by atoms with E-state index in [0.717, 1.165) is 0 Å². The minimum atomic E-state index is -4.67. The normalized spacial score (nSPS) is 10.3. The Morgan fingerprint density at radius 3 is 1.00 bits per heavy atom. The predicted molar refractivity (Wildman–Crippen MR) is 99.0 cm³/mol. The standard InChI is InChI=1S/2C4H6N4O2.2H2O4S/c2*5-2-1(9)3(10)8-4(6)7-2;2*1-5(2,3)4/h2*9H,(H5,5,6,7,8,10);2*(H2,1,2,3,4). The van der Waals surface area contributed by atoms with Crippen LogP contribution in [-0.4, -0.2) is 65.2 Å². The molecule has 0 radical (unpaired) electrons. The Kier molecular flexibility index (Phi) is 10.8. The van der Waals surface area contributed by atoms with Gasteiger partial charge in [-0.3, -0.25) is 37.8 Å². The van der Waals surface area contributed by atoms with Gasteiger partial charge >= 0.3 is 20.8 Å². The Balaban J connectivity index is 0. The van der Waals surface area contributed by atoms with Gasteiger partial charge in [-0.25, -0.2) is 0 Å². The molecule has 0 bridgehead atoms. The molecule has 2 rings (SSSR count). The summed E-state index contributed by atoms with van der Waals surface area (Å²) >= 11 is 0. The van der Waals surface area contributed by atoms with E-state index in [0.29, 0.717) is 0 Å². The van der Waals surface area contributed by atoms with Crippen molar-refractivity contribution in [3.8, 4) is 11.5 Å². The number of hydrogen-bond donors (Lipinski definition) is 12. The second-order valence-corrected chi connectivity index (χ2v) is 6.06. The van der Waals surface area contributed by atoms with Gasteiger partial charge in [0.25, 0.3) is 11.1 Å². The minimum Gasteiger partial charge on any atom is -0.500 e. The number of aromatic nitrogens is 4. The van der Waals surface area contributed by atoms with Crippen LogP contribution < -0.4 is 34.1 Å². The van der Waals surface area contributed by atoms with Crippen LogP contribution in [0, 0.1) is 0 Å². The quantitative estimate of drug-likeness (QED) is 0.159. The van der Waals surface area contributed by atoms with Crippen LogP contribution in [0.5, 0.6) is 11.5 Å². The molecular formula is C8H16N8O12S2. The van der Waals surface area contributed by atoms with Crippen LogP contribution in [0.1, 0.15) is 0 Å². The van der Waals surface area contributed by atoms with Crippen LogP contribution in [-0.2, 0) is 20.8 Å². The first-order valence-electron chi connectivity index (χ1n) is 6.30. The molecule has 0 saturated carbocycles. The zero-order valence-electron chi connectivity index (χ0n) is 14.2. The average Bonchev–Trinajstić information content (AvgIpc) is 2.47. The molecule has 0 spiro atoms. The number of hydrogen-bond acceptors (Lipinski definition) is 14. The molecule has 0 atom stereocenters. The van der Waals surface area contributed by atoms with Gasteiger partial charge in [0.1, 0.15) is 0 Å². The summed E-state index contributed by atoms with van der Waals surface area (Å²) in [5, 5.41) is 17.5. The van der Waals surface area contributed by atoms with Crippen molar-refractivity contribution in [1.29, 1.82) is 0 Å². The highest BCUT2D eigenvalue weighted by molar-refractivity contribution is 7.80. The summed E-state index contributed by atoms with van der Waals surface area (Å²) in [7, 11) is -9.33. The Morgan fingerprint density at radius 2 is 0.833 bits per heavy atom. The fourth-order valence-electron chi connectivity index (χ4n) is 1.01. The summed E-state index contributed by atoms with van der Waals surface area (Å²) < 4.78 is 63.2. The highest BCUT2D eigenvalue weighted by atomic mass is 32.3. The lowest BCUT2D eigenvalue weighted by atomic mass is 10.5. The fourth-order valence-corrected chi connectivity index (χ4v) is 1.01. The molecule has 16 N–H and O–H groups in total. The Bertz CT molecular complexity index is 1060. The second-order valence-electron chi connectivity index (χ2n) is 4.27. The topological polar surface area (TPSA) is 385 Å². The van der Waals surface area contributed by atoms with Gasteiger partial charge in [-0.15, -0.1) is 0 Å². The van der Waals surface area contributed by atoms with Crippen LogP contribution in [0.25, 0.3) is 0 Å². The van der Waals surface area contributed by atoms with Gasteiger partial charge in [-0.05, 0) is 0 Å². The predicted octanol–water partition coefficient (Wildman–Crippen LogP) is -4.03. The highest BCUT2D eigenvalue weighted by Gasteiger charge is 2.03. The van der Waals surface area contributed by atoms with Crippen molar-refractivity contribution >= 4 is 44.3 Å². The lowest BCUT2D eigenvalue weighted by Gasteiger charge is -1.95. The van der Waals surface area contributed by atoms with Crippen molar-refractivity contribution < 1.29 is 45.3 Å². The minimum absolute atomic E-state index is 0.111. The van der Waals surface area contributed by atoms with Crippen LogP contribution >= 0.6 is 0 Å². The monoisotopic (exact) mass is 480 g/mol. The summed E-state index contributed by atoms with van der Waals surface area (Å²) in [6.45, 7) is 0. The molecule has 0 aliphatic rings. The molecule has 0 unspecified atom stereocenters. The van der Waals surface area contributed by atoms with E-state index in [1.165, 1.54) is 0 Å². The van der Waals surface area contributed by atoms with Crippen LogP contribution in [0.4, 0.5) is 23.5 Å². The summed E-state index contributed by atoms with van der Waals surface area (Å²) in [5.74, 6) is -1.95. The molecule has 2 heterocycles. The molecule has 172 valence electrons. The first-order chi connectivity index (χ1) is 13.2. The number of nitrogen functional groups attached to an aromatic ring is 4. The lowest BCUT2D eigenvalue weighted by Crippen LogP contribution is -2.12. The van der Waals surface area contributed by atoms with Crippen molar-refractivity contribution in [3.63, 3.8) is 0 Å². The van der Waals surface area contributed by atoms with Crippen molar-refractivity contribution in [1.82, 2.24) is 19.9 Å².